The van der Waals surface area contributed by atoms with Gasteiger partial charge >= 0.3 is 0 Å². The molecule has 1 aromatic rings. The van der Waals surface area contributed by atoms with Crippen LogP contribution in [0, 0.1) is 0 Å². The van der Waals surface area contributed by atoms with Crippen molar-refractivity contribution in [2.45, 2.75) is 55.2 Å². The maximum Gasteiger partial charge on any atom is 0.241 e. The minimum Gasteiger partial charge on any atom is -0.325 e. The maximum atomic E-state index is 11.7. The zero-order chi connectivity index (χ0) is 13.7. The predicted molar refractivity (Wildman–Crippen MR) is 81.5 cm³/mol. The molecular weight excluding hydrogens is 256 g/mol. The quantitative estimate of drug-likeness (QED) is 0.868. The Morgan fingerprint density at radius 3 is 2.58 bits per heavy atom. The third-order valence-corrected chi connectivity index (χ3v) is 4.85. The molecule has 1 unspecified atom stereocenters. The second-order valence-electron chi connectivity index (χ2n) is 5.05. The molecule has 4 heteroatoms. The highest BCUT2D eigenvalue weighted by Gasteiger charge is 2.16. The maximum absolute atomic E-state index is 11.7. The third kappa shape index (κ3) is 4.25. The normalized spacial score (nSPS) is 17.4. The molecule has 104 valence electrons. The summed E-state index contributed by atoms with van der Waals surface area (Å²) in [6.45, 7) is 1.91. The zero-order valence-corrected chi connectivity index (χ0v) is 12.2. The van der Waals surface area contributed by atoms with Gasteiger partial charge in [-0.15, -0.1) is 11.8 Å². The van der Waals surface area contributed by atoms with Crippen LogP contribution in [-0.2, 0) is 4.79 Å². The van der Waals surface area contributed by atoms with Crippen molar-refractivity contribution in [2.75, 3.05) is 5.32 Å². The van der Waals surface area contributed by atoms with E-state index in [9.17, 15) is 4.79 Å². The van der Waals surface area contributed by atoms with E-state index in [4.69, 9.17) is 5.73 Å². The average molecular weight is 278 g/mol. The molecule has 0 radical (unpaired) electrons. The van der Waals surface area contributed by atoms with Gasteiger partial charge in [0.15, 0.2) is 0 Å². The van der Waals surface area contributed by atoms with E-state index in [0.717, 1.165) is 10.9 Å². The van der Waals surface area contributed by atoms with Gasteiger partial charge in [-0.2, -0.15) is 0 Å². The fourth-order valence-corrected chi connectivity index (χ4v) is 3.48. The fraction of sp³-hybridized carbons (Fsp3) is 0.533. The molecule has 0 aliphatic heterocycles. The molecule has 3 N–H and O–H groups in total. The van der Waals surface area contributed by atoms with E-state index in [1.54, 1.807) is 0 Å². The smallest absolute Gasteiger partial charge is 0.241 e. The van der Waals surface area contributed by atoms with Crippen molar-refractivity contribution in [1.82, 2.24) is 0 Å². The van der Waals surface area contributed by atoms with Gasteiger partial charge < -0.3 is 11.1 Å². The van der Waals surface area contributed by atoms with Crippen molar-refractivity contribution in [3.05, 3.63) is 24.3 Å². The van der Waals surface area contributed by atoms with Crippen LogP contribution in [0.3, 0.4) is 0 Å². The average Bonchev–Trinajstić information content (AvgIpc) is 2.93. The number of thioether (sulfide) groups is 1. The van der Waals surface area contributed by atoms with Crippen molar-refractivity contribution in [2.24, 2.45) is 5.73 Å². The highest BCUT2D eigenvalue weighted by molar-refractivity contribution is 8.00. The molecule has 0 aromatic heterocycles. The van der Waals surface area contributed by atoms with E-state index in [1.807, 2.05) is 30.8 Å². The van der Waals surface area contributed by atoms with Crippen LogP contribution < -0.4 is 11.1 Å². The van der Waals surface area contributed by atoms with E-state index in [2.05, 4.69) is 17.4 Å². The number of carbonyl (C=O) groups excluding carboxylic acids is 1. The van der Waals surface area contributed by atoms with Gasteiger partial charge in [-0.05, 0) is 43.5 Å². The molecule has 1 atom stereocenters. The van der Waals surface area contributed by atoms with E-state index < -0.39 is 6.04 Å². The van der Waals surface area contributed by atoms with Crippen molar-refractivity contribution >= 4 is 23.4 Å². The van der Waals surface area contributed by atoms with Gasteiger partial charge in [-0.1, -0.05) is 19.8 Å². The van der Waals surface area contributed by atoms with E-state index in [-0.39, 0.29) is 5.91 Å². The molecule has 1 fully saturated rings. The first-order valence-corrected chi connectivity index (χ1v) is 7.90. The van der Waals surface area contributed by atoms with E-state index in [1.165, 1.54) is 30.6 Å². The topological polar surface area (TPSA) is 55.1 Å². The van der Waals surface area contributed by atoms with Crippen LogP contribution in [0.5, 0.6) is 0 Å². The van der Waals surface area contributed by atoms with Crippen LogP contribution in [-0.4, -0.2) is 17.2 Å². The van der Waals surface area contributed by atoms with Crippen LogP contribution >= 0.6 is 11.8 Å². The summed E-state index contributed by atoms with van der Waals surface area (Å²) in [5.74, 6) is -0.112. The molecule has 0 bridgehead atoms. The second-order valence-corrected chi connectivity index (χ2v) is 6.43. The summed E-state index contributed by atoms with van der Waals surface area (Å²) in [7, 11) is 0. The Kier molecular flexibility index (Phi) is 5.28. The van der Waals surface area contributed by atoms with Crippen molar-refractivity contribution in [1.29, 1.82) is 0 Å². The summed E-state index contributed by atoms with van der Waals surface area (Å²) < 4.78 is 0. The number of carbonyl (C=O) groups is 1. The lowest BCUT2D eigenvalue weighted by molar-refractivity contribution is -0.117. The Labute approximate surface area is 119 Å². The van der Waals surface area contributed by atoms with Gasteiger partial charge in [-0.3, -0.25) is 4.79 Å². The van der Waals surface area contributed by atoms with Crippen molar-refractivity contribution < 1.29 is 4.79 Å². The van der Waals surface area contributed by atoms with Crippen LogP contribution in [0.4, 0.5) is 5.69 Å². The van der Waals surface area contributed by atoms with Crippen LogP contribution in [0.2, 0.25) is 0 Å². The van der Waals surface area contributed by atoms with Crippen LogP contribution in [0.25, 0.3) is 0 Å². The van der Waals surface area contributed by atoms with Gasteiger partial charge in [0.25, 0.3) is 0 Å². The Morgan fingerprint density at radius 1 is 1.37 bits per heavy atom. The summed E-state index contributed by atoms with van der Waals surface area (Å²) in [5, 5.41) is 3.61. The molecular formula is C15H22N2OS. The molecule has 0 saturated heterocycles. The minimum atomic E-state index is -0.424. The second kappa shape index (κ2) is 6.96. The number of hydrogen-bond donors (Lipinski definition) is 2. The third-order valence-electron chi connectivity index (χ3n) is 3.50. The SMILES string of the molecule is CCC(N)C(=O)Nc1ccc(SC2CCCC2)cc1. The summed E-state index contributed by atoms with van der Waals surface area (Å²) in [6.07, 6.45) is 6.03. The lowest BCUT2D eigenvalue weighted by Gasteiger charge is -2.11. The van der Waals surface area contributed by atoms with Gasteiger partial charge in [-0.25, -0.2) is 0 Å². The Morgan fingerprint density at radius 2 is 2.00 bits per heavy atom. The molecule has 1 aliphatic rings. The zero-order valence-electron chi connectivity index (χ0n) is 11.4. The molecule has 0 heterocycles. The number of nitrogens with one attached hydrogen (secondary N) is 1. The molecule has 0 spiro atoms. The van der Waals surface area contributed by atoms with Crippen molar-refractivity contribution in [3.63, 3.8) is 0 Å². The van der Waals surface area contributed by atoms with Crippen LogP contribution in [0.1, 0.15) is 39.0 Å². The Hall–Kier alpha value is -1.00. The number of amides is 1. The Balaban J connectivity index is 1.88. The Bertz CT molecular complexity index is 413. The fourth-order valence-electron chi connectivity index (χ4n) is 2.24. The molecule has 1 aromatic carbocycles. The molecule has 19 heavy (non-hydrogen) atoms. The highest BCUT2D eigenvalue weighted by atomic mass is 32.2. The summed E-state index contributed by atoms with van der Waals surface area (Å²) >= 11 is 1.95. The van der Waals surface area contributed by atoms with Gasteiger partial charge in [0.05, 0.1) is 6.04 Å². The first kappa shape index (κ1) is 14.4. The molecule has 1 saturated carbocycles. The number of hydrogen-bond acceptors (Lipinski definition) is 3. The summed E-state index contributed by atoms with van der Waals surface area (Å²) in [6, 6.07) is 7.65. The summed E-state index contributed by atoms with van der Waals surface area (Å²) in [4.78, 5) is 12.9. The highest BCUT2D eigenvalue weighted by Crippen LogP contribution is 2.34. The monoisotopic (exact) mass is 278 g/mol. The number of rotatable bonds is 5. The lowest BCUT2D eigenvalue weighted by Crippen LogP contribution is -2.34. The van der Waals surface area contributed by atoms with E-state index >= 15 is 0 Å². The molecule has 1 amide bonds. The standard InChI is InChI=1S/C15H22N2OS/c1-2-14(16)15(18)17-11-7-9-13(10-8-11)19-12-5-3-4-6-12/h7-10,12,14H,2-6,16H2,1H3,(H,17,18). The number of benzene rings is 1. The molecule has 3 nitrogen and oxygen atoms in total. The number of nitrogens with two attached hydrogens (primary N) is 1. The minimum absolute atomic E-state index is 0.112. The van der Waals surface area contributed by atoms with Gasteiger partial charge in [0, 0.05) is 15.8 Å². The molecule has 2 rings (SSSR count). The van der Waals surface area contributed by atoms with Gasteiger partial charge in [0.2, 0.25) is 5.91 Å². The van der Waals surface area contributed by atoms with Crippen molar-refractivity contribution in [3.8, 4) is 0 Å². The van der Waals surface area contributed by atoms with Crippen LogP contribution in [0.15, 0.2) is 29.2 Å². The first-order valence-electron chi connectivity index (χ1n) is 7.02. The predicted octanol–water partition coefficient (Wildman–Crippen LogP) is 3.40. The largest absolute Gasteiger partial charge is 0.325 e. The molecule has 1 aliphatic carbocycles. The number of anilines is 1. The summed E-state index contributed by atoms with van der Waals surface area (Å²) in [5.41, 5.74) is 6.51. The van der Waals surface area contributed by atoms with E-state index in [0.29, 0.717) is 6.42 Å². The van der Waals surface area contributed by atoms with Gasteiger partial charge in [0.1, 0.15) is 0 Å². The lowest BCUT2D eigenvalue weighted by atomic mass is 10.2. The first-order chi connectivity index (χ1) is 9.19.